The predicted octanol–water partition coefficient (Wildman–Crippen LogP) is 0.537. The average Bonchev–Trinajstić information content (AvgIpc) is 2.32. The van der Waals surface area contributed by atoms with E-state index in [2.05, 4.69) is 10.2 Å². The number of carboxylic acid groups (broad SMARTS) is 2. The number of carbonyl (C=O) groups excluding carboxylic acids is 1. The summed E-state index contributed by atoms with van der Waals surface area (Å²) in [7, 11) is 4.06. The van der Waals surface area contributed by atoms with Crippen molar-refractivity contribution in [3.05, 3.63) is 12.2 Å². The molecule has 0 spiro atoms. The molecule has 8 heteroatoms. The van der Waals surface area contributed by atoms with Crippen molar-refractivity contribution in [1.82, 2.24) is 10.2 Å². The molecular formula is C13H22N2O6. The number of likely N-dealkylation sites (N-methyl/N-ethyl adjacent to an activating group) is 1. The zero-order valence-corrected chi connectivity index (χ0v) is 12.4. The molecule has 8 nitrogen and oxygen atoms in total. The Kier molecular flexibility index (Phi) is 8.79. The molecule has 0 aromatic carbocycles. The fraction of sp³-hybridized carbons (Fsp3) is 0.615. The number of amides is 1. The second-order valence-corrected chi connectivity index (χ2v) is 4.59. The van der Waals surface area contributed by atoms with E-state index >= 15 is 0 Å². The van der Waals surface area contributed by atoms with Crippen LogP contribution in [-0.4, -0.2) is 65.9 Å². The summed E-state index contributed by atoms with van der Waals surface area (Å²) < 4.78 is 4.81. The Morgan fingerprint density at radius 1 is 1.19 bits per heavy atom. The highest BCUT2D eigenvalue weighted by Gasteiger charge is 2.33. The molecule has 1 aliphatic carbocycles. The van der Waals surface area contributed by atoms with Crippen molar-refractivity contribution in [2.45, 2.75) is 31.8 Å². The Labute approximate surface area is 123 Å². The van der Waals surface area contributed by atoms with E-state index in [1.165, 1.54) is 0 Å². The van der Waals surface area contributed by atoms with Gasteiger partial charge in [-0.3, -0.25) is 0 Å². The molecule has 0 aromatic rings. The molecule has 0 aromatic heterocycles. The van der Waals surface area contributed by atoms with E-state index in [-0.39, 0.29) is 12.1 Å². The summed E-state index contributed by atoms with van der Waals surface area (Å²) in [6.45, 7) is 2.25. The maximum Gasteiger partial charge on any atom is 0.407 e. The van der Waals surface area contributed by atoms with Gasteiger partial charge >= 0.3 is 18.0 Å². The lowest BCUT2D eigenvalue weighted by atomic mass is 9.86. The van der Waals surface area contributed by atoms with Crippen LogP contribution in [0.1, 0.15) is 19.8 Å². The largest absolute Gasteiger partial charge is 0.478 e. The fourth-order valence-electron chi connectivity index (χ4n) is 1.74. The van der Waals surface area contributed by atoms with E-state index in [4.69, 9.17) is 14.9 Å². The van der Waals surface area contributed by atoms with Crippen LogP contribution in [0.5, 0.6) is 0 Å². The fourth-order valence-corrected chi connectivity index (χ4v) is 1.74. The minimum absolute atomic E-state index is 0.272. The van der Waals surface area contributed by atoms with Crippen molar-refractivity contribution in [3.8, 4) is 0 Å². The van der Waals surface area contributed by atoms with Gasteiger partial charge in [0, 0.05) is 24.2 Å². The third-order valence-electron chi connectivity index (χ3n) is 2.85. The minimum Gasteiger partial charge on any atom is -0.478 e. The number of alkyl carbamates (subject to hydrolysis) is 1. The molecular weight excluding hydrogens is 280 g/mol. The summed E-state index contributed by atoms with van der Waals surface area (Å²) in [6.07, 6.45) is 3.04. The van der Waals surface area contributed by atoms with Crippen LogP contribution in [0.25, 0.3) is 0 Å². The van der Waals surface area contributed by atoms with Crippen molar-refractivity contribution >= 4 is 18.0 Å². The summed E-state index contributed by atoms with van der Waals surface area (Å²) in [5.41, 5.74) is 0. The van der Waals surface area contributed by atoms with Crippen LogP contribution in [0.4, 0.5) is 4.79 Å². The molecule has 1 amide bonds. The number of hydrogen-bond acceptors (Lipinski definition) is 5. The highest BCUT2D eigenvalue weighted by molar-refractivity contribution is 5.89. The average molecular weight is 302 g/mol. The van der Waals surface area contributed by atoms with E-state index in [9.17, 15) is 14.4 Å². The molecule has 1 fully saturated rings. The van der Waals surface area contributed by atoms with Gasteiger partial charge in [-0.25, -0.2) is 14.4 Å². The van der Waals surface area contributed by atoms with Gasteiger partial charge in [0.15, 0.2) is 0 Å². The molecule has 21 heavy (non-hydrogen) atoms. The van der Waals surface area contributed by atoms with Gasteiger partial charge in [-0.15, -0.1) is 0 Å². The SMILES string of the molecule is CCOC(=O)N[C@H]1CC[C@H]1N(C)C.O=C(O)/C=C\C(=O)O. The number of aliphatic carboxylic acids is 2. The lowest BCUT2D eigenvalue weighted by Crippen LogP contribution is -2.56. The van der Waals surface area contributed by atoms with Crippen LogP contribution < -0.4 is 5.32 Å². The standard InChI is InChI=1S/C9H18N2O2.C4H4O4/c1-4-13-9(12)10-7-5-6-8(7)11(2)3;5-3(6)1-2-4(7)8/h7-8H,4-6H2,1-3H3,(H,10,12);1-2H,(H,5,6)(H,7,8)/b;2-1-/t7-,8+;/m0./s1. The first-order chi connectivity index (χ1) is 9.77. The van der Waals surface area contributed by atoms with Gasteiger partial charge in [0.05, 0.1) is 6.61 Å². The number of carboxylic acids is 2. The summed E-state index contributed by atoms with van der Waals surface area (Å²) in [4.78, 5) is 32.3. The third-order valence-corrected chi connectivity index (χ3v) is 2.85. The van der Waals surface area contributed by atoms with Crippen LogP contribution >= 0.6 is 0 Å². The minimum atomic E-state index is -1.26. The summed E-state index contributed by atoms with van der Waals surface area (Å²) in [6, 6.07) is 0.749. The van der Waals surface area contributed by atoms with E-state index in [1.54, 1.807) is 0 Å². The number of ether oxygens (including phenoxy) is 1. The molecule has 0 saturated heterocycles. The molecule has 0 aliphatic heterocycles. The van der Waals surface area contributed by atoms with Gasteiger partial charge in [-0.05, 0) is 33.9 Å². The van der Waals surface area contributed by atoms with Crippen molar-refractivity contribution in [2.75, 3.05) is 20.7 Å². The number of carbonyl (C=O) groups is 3. The first-order valence-electron chi connectivity index (χ1n) is 6.51. The molecule has 3 N–H and O–H groups in total. The lowest BCUT2D eigenvalue weighted by molar-refractivity contribution is -0.134. The molecule has 1 aliphatic rings. The van der Waals surface area contributed by atoms with E-state index in [0.29, 0.717) is 24.8 Å². The number of rotatable bonds is 5. The van der Waals surface area contributed by atoms with E-state index in [0.717, 1.165) is 12.8 Å². The van der Waals surface area contributed by atoms with Crippen LogP contribution in [0.2, 0.25) is 0 Å². The van der Waals surface area contributed by atoms with Gasteiger partial charge < -0.3 is 25.2 Å². The maximum atomic E-state index is 11.1. The predicted molar refractivity (Wildman–Crippen MR) is 75.1 cm³/mol. The molecule has 2 atom stereocenters. The first-order valence-corrected chi connectivity index (χ1v) is 6.51. The maximum absolute atomic E-state index is 11.1. The summed E-state index contributed by atoms with van der Waals surface area (Å²) in [5, 5.41) is 18.5. The Morgan fingerprint density at radius 3 is 2.00 bits per heavy atom. The number of nitrogens with zero attached hydrogens (tertiary/aromatic N) is 1. The quantitative estimate of drug-likeness (QED) is 0.634. The highest BCUT2D eigenvalue weighted by atomic mass is 16.5. The van der Waals surface area contributed by atoms with Gasteiger partial charge in [0.1, 0.15) is 0 Å². The van der Waals surface area contributed by atoms with Crippen LogP contribution in [0, 0.1) is 0 Å². The van der Waals surface area contributed by atoms with Crippen LogP contribution in [0.15, 0.2) is 12.2 Å². The second kappa shape index (κ2) is 9.76. The Balaban J connectivity index is 0.000000433. The zero-order valence-electron chi connectivity index (χ0n) is 12.4. The van der Waals surface area contributed by atoms with Crippen LogP contribution in [-0.2, 0) is 14.3 Å². The zero-order chi connectivity index (χ0) is 16.4. The van der Waals surface area contributed by atoms with Crippen LogP contribution in [0.3, 0.4) is 0 Å². The smallest absolute Gasteiger partial charge is 0.407 e. The summed E-state index contributed by atoms with van der Waals surface area (Å²) in [5.74, 6) is -2.51. The molecule has 0 unspecified atom stereocenters. The van der Waals surface area contributed by atoms with Gasteiger partial charge in [-0.2, -0.15) is 0 Å². The molecule has 0 bridgehead atoms. The Morgan fingerprint density at radius 2 is 1.71 bits per heavy atom. The first kappa shape index (κ1) is 18.9. The van der Waals surface area contributed by atoms with Gasteiger partial charge in [0.2, 0.25) is 0 Å². The second-order valence-electron chi connectivity index (χ2n) is 4.59. The molecule has 1 rings (SSSR count). The van der Waals surface area contributed by atoms with E-state index < -0.39 is 11.9 Å². The topological polar surface area (TPSA) is 116 Å². The number of hydrogen-bond donors (Lipinski definition) is 3. The third kappa shape index (κ3) is 8.64. The van der Waals surface area contributed by atoms with E-state index in [1.807, 2.05) is 21.0 Å². The number of nitrogens with one attached hydrogen (secondary N) is 1. The normalized spacial score (nSPS) is 20.2. The molecule has 1 saturated carbocycles. The van der Waals surface area contributed by atoms with Gasteiger partial charge in [0.25, 0.3) is 0 Å². The monoisotopic (exact) mass is 302 g/mol. The highest BCUT2D eigenvalue weighted by Crippen LogP contribution is 2.23. The van der Waals surface area contributed by atoms with Gasteiger partial charge in [-0.1, -0.05) is 0 Å². The van der Waals surface area contributed by atoms with Crippen molar-refractivity contribution in [1.29, 1.82) is 0 Å². The molecule has 0 heterocycles. The summed E-state index contributed by atoms with van der Waals surface area (Å²) >= 11 is 0. The molecule has 0 radical (unpaired) electrons. The van der Waals surface area contributed by atoms with Crippen molar-refractivity contribution < 1.29 is 29.3 Å². The van der Waals surface area contributed by atoms with Crippen molar-refractivity contribution in [2.24, 2.45) is 0 Å². The lowest BCUT2D eigenvalue weighted by Gasteiger charge is -2.40. The molecule has 120 valence electrons. The van der Waals surface area contributed by atoms with Crippen molar-refractivity contribution in [3.63, 3.8) is 0 Å². The Bertz CT molecular complexity index is 378. The Hall–Kier alpha value is -2.09.